The number of rotatable bonds is 6. The molecule has 0 bridgehead atoms. The van der Waals surface area contributed by atoms with Crippen LogP contribution in [0.15, 0.2) is 58.4 Å². The molecule has 168 valence electrons. The van der Waals surface area contributed by atoms with Gasteiger partial charge in [0.1, 0.15) is 0 Å². The van der Waals surface area contributed by atoms with Crippen molar-refractivity contribution in [3.05, 3.63) is 75.8 Å². The van der Waals surface area contributed by atoms with Crippen LogP contribution in [0.2, 0.25) is 0 Å². The number of nitrogens with zero attached hydrogens (tertiary/aromatic N) is 4. The van der Waals surface area contributed by atoms with Gasteiger partial charge in [-0.05, 0) is 38.1 Å². The van der Waals surface area contributed by atoms with E-state index in [1.54, 1.807) is 42.5 Å². The standard InChI is InChI=1S/C24H23N5O4/c1-14-11-15(2)27-24(26-14)28-25-13-19-17-7-5-6-8-18(17)22(30)29(23(19)31)16-9-10-20(32-3)21(12-16)33-4/h5-13,31H,1-4H3,(H,26,27,28)/b25-13-. The van der Waals surface area contributed by atoms with Crippen LogP contribution in [0, 0.1) is 13.8 Å². The van der Waals surface area contributed by atoms with Crippen LogP contribution in [0.4, 0.5) is 5.95 Å². The van der Waals surface area contributed by atoms with Gasteiger partial charge in [0.25, 0.3) is 5.56 Å². The summed E-state index contributed by atoms with van der Waals surface area (Å²) in [5, 5.41) is 16.3. The Bertz CT molecular complexity index is 1410. The van der Waals surface area contributed by atoms with Crippen LogP contribution >= 0.6 is 0 Å². The second-order valence-corrected chi connectivity index (χ2v) is 7.31. The van der Waals surface area contributed by atoms with Gasteiger partial charge in [-0.1, -0.05) is 18.2 Å². The number of methoxy groups -OCH3 is 2. The normalized spacial score (nSPS) is 11.2. The molecule has 0 aliphatic carbocycles. The topological polar surface area (TPSA) is 111 Å². The molecule has 2 N–H and O–H groups in total. The Hall–Kier alpha value is -4.40. The van der Waals surface area contributed by atoms with Gasteiger partial charge in [0.2, 0.25) is 11.8 Å². The van der Waals surface area contributed by atoms with Crippen molar-refractivity contribution in [2.24, 2.45) is 5.10 Å². The highest BCUT2D eigenvalue weighted by Gasteiger charge is 2.17. The molecule has 2 heterocycles. The summed E-state index contributed by atoms with van der Waals surface area (Å²) in [6, 6.07) is 13.8. The summed E-state index contributed by atoms with van der Waals surface area (Å²) in [5.41, 5.74) is 4.79. The van der Waals surface area contributed by atoms with E-state index in [-0.39, 0.29) is 11.4 Å². The summed E-state index contributed by atoms with van der Waals surface area (Å²) in [6.45, 7) is 3.73. The van der Waals surface area contributed by atoms with Gasteiger partial charge in [-0.3, -0.25) is 4.79 Å². The zero-order valence-electron chi connectivity index (χ0n) is 18.7. The van der Waals surface area contributed by atoms with Crippen molar-refractivity contribution >= 4 is 22.9 Å². The first-order chi connectivity index (χ1) is 15.9. The van der Waals surface area contributed by atoms with E-state index in [4.69, 9.17) is 9.47 Å². The summed E-state index contributed by atoms with van der Waals surface area (Å²) >= 11 is 0. The third kappa shape index (κ3) is 4.20. The number of fused-ring (bicyclic) bond motifs is 1. The first-order valence-corrected chi connectivity index (χ1v) is 10.1. The molecule has 9 heteroatoms. The number of hydrogen-bond donors (Lipinski definition) is 2. The SMILES string of the molecule is COc1ccc(-n2c(O)c(/C=N\Nc3nc(C)cc(C)n3)c3ccccc3c2=O)cc1OC. The fourth-order valence-corrected chi connectivity index (χ4v) is 3.62. The molecule has 0 aliphatic heterocycles. The first-order valence-electron chi connectivity index (χ1n) is 10.1. The number of aromatic hydroxyl groups is 1. The predicted molar refractivity (Wildman–Crippen MR) is 127 cm³/mol. The van der Waals surface area contributed by atoms with Crippen LogP contribution in [0.25, 0.3) is 16.5 Å². The van der Waals surface area contributed by atoms with Crippen LogP contribution in [0.3, 0.4) is 0 Å². The van der Waals surface area contributed by atoms with E-state index in [1.165, 1.54) is 25.0 Å². The van der Waals surface area contributed by atoms with Gasteiger partial charge < -0.3 is 14.6 Å². The number of aryl methyl sites for hydroxylation is 2. The lowest BCUT2D eigenvalue weighted by Gasteiger charge is -2.15. The molecule has 0 fully saturated rings. The van der Waals surface area contributed by atoms with E-state index in [0.29, 0.717) is 39.5 Å². The second kappa shape index (κ2) is 8.99. The fourth-order valence-electron chi connectivity index (χ4n) is 3.62. The van der Waals surface area contributed by atoms with Gasteiger partial charge in [0.05, 0.1) is 31.7 Å². The first kappa shape index (κ1) is 21.8. The predicted octanol–water partition coefficient (Wildman–Crippen LogP) is 3.57. The van der Waals surface area contributed by atoms with Gasteiger partial charge in [0.15, 0.2) is 11.5 Å². The van der Waals surface area contributed by atoms with E-state index in [1.807, 2.05) is 19.9 Å². The smallest absolute Gasteiger partial charge is 0.265 e. The van der Waals surface area contributed by atoms with Gasteiger partial charge in [-0.2, -0.15) is 5.10 Å². The number of nitrogens with one attached hydrogen (secondary N) is 1. The zero-order valence-corrected chi connectivity index (χ0v) is 18.7. The largest absolute Gasteiger partial charge is 0.494 e. The number of benzene rings is 2. The van der Waals surface area contributed by atoms with Crippen molar-refractivity contribution in [2.75, 3.05) is 19.6 Å². The Morgan fingerprint density at radius 3 is 2.30 bits per heavy atom. The Labute approximate surface area is 190 Å². The lowest BCUT2D eigenvalue weighted by molar-refractivity contribution is 0.354. The molecule has 2 aromatic carbocycles. The third-order valence-electron chi connectivity index (χ3n) is 5.07. The average molecular weight is 445 g/mol. The lowest BCUT2D eigenvalue weighted by atomic mass is 10.1. The molecule has 0 atom stereocenters. The molecule has 0 radical (unpaired) electrons. The minimum atomic E-state index is -0.377. The molecular formula is C24H23N5O4. The molecule has 0 aliphatic rings. The molecular weight excluding hydrogens is 422 g/mol. The van der Waals surface area contributed by atoms with E-state index in [0.717, 1.165) is 11.4 Å². The van der Waals surface area contributed by atoms with E-state index >= 15 is 0 Å². The molecule has 4 rings (SSSR count). The second-order valence-electron chi connectivity index (χ2n) is 7.31. The number of pyridine rings is 1. The monoisotopic (exact) mass is 445 g/mol. The summed E-state index contributed by atoms with van der Waals surface area (Å²) in [6.07, 6.45) is 1.44. The molecule has 9 nitrogen and oxygen atoms in total. The number of hydrazone groups is 1. The Morgan fingerprint density at radius 2 is 1.64 bits per heavy atom. The molecule has 0 spiro atoms. The van der Waals surface area contributed by atoms with E-state index in [2.05, 4.69) is 20.5 Å². The summed E-state index contributed by atoms with van der Waals surface area (Å²) in [4.78, 5) is 21.8. The highest BCUT2D eigenvalue weighted by Crippen LogP contribution is 2.32. The van der Waals surface area contributed by atoms with Crippen molar-refractivity contribution < 1.29 is 14.6 Å². The van der Waals surface area contributed by atoms with Crippen LogP contribution in [0.1, 0.15) is 17.0 Å². The number of anilines is 1. The van der Waals surface area contributed by atoms with Crippen LogP contribution in [-0.2, 0) is 0 Å². The van der Waals surface area contributed by atoms with Gasteiger partial charge in [0, 0.05) is 28.2 Å². The quantitative estimate of drug-likeness (QED) is 0.345. The van der Waals surface area contributed by atoms with Crippen LogP contribution in [0.5, 0.6) is 17.4 Å². The lowest BCUT2D eigenvalue weighted by Crippen LogP contribution is -2.20. The van der Waals surface area contributed by atoms with Crippen molar-refractivity contribution in [2.45, 2.75) is 13.8 Å². The maximum absolute atomic E-state index is 13.3. The van der Waals surface area contributed by atoms with Gasteiger partial charge in [-0.25, -0.2) is 20.0 Å². The molecule has 0 unspecified atom stereocenters. The minimum absolute atomic E-state index is 0.266. The minimum Gasteiger partial charge on any atom is -0.494 e. The Morgan fingerprint density at radius 1 is 0.970 bits per heavy atom. The third-order valence-corrected chi connectivity index (χ3v) is 5.07. The van der Waals surface area contributed by atoms with Crippen LogP contribution in [-0.4, -0.2) is 40.1 Å². The summed E-state index contributed by atoms with van der Waals surface area (Å²) < 4.78 is 11.8. The Kier molecular flexibility index (Phi) is 5.95. The summed E-state index contributed by atoms with van der Waals surface area (Å²) in [5.74, 6) is 1.01. The molecule has 0 amide bonds. The fraction of sp³-hybridized carbons (Fsp3) is 0.167. The van der Waals surface area contributed by atoms with Gasteiger partial charge in [-0.15, -0.1) is 0 Å². The van der Waals surface area contributed by atoms with Crippen molar-refractivity contribution in [3.8, 4) is 23.1 Å². The molecule has 2 aromatic heterocycles. The van der Waals surface area contributed by atoms with Gasteiger partial charge >= 0.3 is 0 Å². The average Bonchev–Trinajstić information content (AvgIpc) is 2.80. The Balaban J connectivity index is 1.86. The number of aromatic nitrogens is 3. The van der Waals surface area contributed by atoms with Crippen LogP contribution < -0.4 is 20.5 Å². The number of hydrogen-bond acceptors (Lipinski definition) is 8. The highest BCUT2D eigenvalue weighted by atomic mass is 16.5. The number of ether oxygens (including phenoxy) is 2. The zero-order chi connectivity index (χ0) is 23.5. The molecule has 0 saturated carbocycles. The maximum Gasteiger partial charge on any atom is 0.265 e. The molecule has 4 aromatic rings. The highest BCUT2D eigenvalue weighted by molar-refractivity contribution is 6.01. The van der Waals surface area contributed by atoms with E-state index in [9.17, 15) is 9.90 Å². The van der Waals surface area contributed by atoms with Crippen molar-refractivity contribution in [3.63, 3.8) is 0 Å². The summed E-state index contributed by atoms with van der Waals surface area (Å²) in [7, 11) is 3.03. The van der Waals surface area contributed by atoms with E-state index < -0.39 is 0 Å². The molecule has 0 saturated heterocycles. The van der Waals surface area contributed by atoms with Crippen molar-refractivity contribution in [1.82, 2.24) is 14.5 Å². The molecule has 33 heavy (non-hydrogen) atoms. The van der Waals surface area contributed by atoms with Crippen molar-refractivity contribution in [1.29, 1.82) is 0 Å². The maximum atomic E-state index is 13.3.